The van der Waals surface area contributed by atoms with Crippen LogP contribution in [0.5, 0.6) is 0 Å². The predicted molar refractivity (Wildman–Crippen MR) is 77.9 cm³/mol. The molecule has 0 spiro atoms. The number of amides is 1. The quantitative estimate of drug-likeness (QED) is 0.766. The third-order valence-electron chi connectivity index (χ3n) is 2.36. The zero-order valence-corrected chi connectivity index (χ0v) is 12.2. The molecule has 0 aliphatic rings. The summed E-state index contributed by atoms with van der Waals surface area (Å²) in [6.45, 7) is 3.77. The highest BCUT2D eigenvalue weighted by Crippen LogP contribution is 2.16. The maximum atomic E-state index is 11.5. The summed E-state index contributed by atoms with van der Waals surface area (Å²) in [5.41, 5.74) is 0. The van der Waals surface area contributed by atoms with Crippen molar-refractivity contribution in [2.75, 3.05) is 26.7 Å². The van der Waals surface area contributed by atoms with Gasteiger partial charge in [-0.1, -0.05) is 18.8 Å². The van der Waals surface area contributed by atoms with Crippen molar-refractivity contribution in [2.45, 2.75) is 19.9 Å². The van der Waals surface area contributed by atoms with Crippen molar-refractivity contribution in [3.63, 3.8) is 0 Å². The van der Waals surface area contributed by atoms with Crippen LogP contribution in [0.4, 0.5) is 0 Å². The number of thiophene rings is 1. The lowest BCUT2D eigenvalue weighted by Crippen LogP contribution is -2.35. The van der Waals surface area contributed by atoms with E-state index in [0.29, 0.717) is 6.54 Å². The molecule has 0 fully saturated rings. The molecule has 0 aliphatic carbocycles. The SMILES string of the molecule is CCCNC(=O)CN(C)Cc1ccc(C#CCO)s1. The minimum absolute atomic E-state index is 0.0567. The molecule has 0 radical (unpaired) electrons. The van der Waals surface area contributed by atoms with Gasteiger partial charge in [0.05, 0.1) is 11.4 Å². The Hall–Kier alpha value is -1.35. The van der Waals surface area contributed by atoms with Gasteiger partial charge in [-0.15, -0.1) is 11.3 Å². The first-order valence-electron chi connectivity index (χ1n) is 6.29. The molecule has 5 heteroatoms. The summed E-state index contributed by atoms with van der Waals surface area (Å²) in [6.07, 6.45) is 0.952. The topological polar surface area (TPSA) is 52.6 Å². The average molecular weight is 280 g/mol. The van der Waals surface area contributed by atoms with Crippen molar-refractivity contribution < 1.29 is 9.90 Å². The third-order valence-corrected chi connectivity index (χ3v) is 3.35. The summed E-state index contributed by atoms with van der Waals surface area (Å²) in [5, 5.41) is 11.5. The molecule has 0 saturated heterocycles. The van der Waals surface area contributed by atoms with E-state index in [2.05, 4.69) is 17.2 Å². The van der Waals surface area contributed by atoms with Crippen molar-refractivity contribution in [3.05, 3.63) is 21.9 Å². The molecule has 19 heavy (non-hydrogen) atoms. The third kappa shape index (κ3) is 6.39. The predicted octanol–water partition coefficient (Wildman–Crippen LogP) is 1.05. The number of rotatable bonds is 6. The van der Waals surface area contributed by atoms with Crippen molar-refractivity contribution >= 4 is 17.2 Å². The maximum absolute atomic E-state index is 11.5. The molecule has 104 valence electrons. The van der Waals surface area contributed by atoms with Crippen LogP contribution < -0.4 is 5.32 Å². The van der Waals surface area contributed by atoms with Crippen LogP contribution in [0.1, 0.15) is 23.1 Å². The van der Waals surface area contributed by atoms with Gasteiger partial charge < -0.3 is 10.4 Å². The number of aliphatic hydroxyl groups excluding tert-OH is 1. The molecule has 0 bridgehead atoms. The normalized spacial score (nSPS) is 10.1. The van der Waals surface area contributed by atoms with Gasteiger partial charge in [-0.25, -0.2) is 0 Å². The molecule has 0 aromatic carbocycles. The van der Waals surface area contributed by atoms with Gasteiger partial charge in [0.25, 0.3) is 0 Å². The molecule has 1 aromatic rings. The lowest BCUT2D eigenvalue weighted by Gasteiger charge is -2.14. The lowest BCUT2D eigenvalue weighted by molar-refractivity contribution is -0.122. The Balaban J connectivity index is 2.41. The Morgan fingerprint density at radius 3 is 3.00 bits per heavy atom. The van der Waals surface area contributed by atoms with Crippen molar-refractivity contribution in [1.82, 2.24) is 10.2 Å². The van der Waals surface area contributed by atoms with Crippen LogP contribution in [0.3, 0.4) is 0 Å². The van der Waals surface area contributed by atoms with Crippen LogP contribution >= 0.6 is 11.3 Å². The minimum Gasteiger partial charge on any atom is -0.384 e. The number of likely N-dealkylation sites (N-methyl/N-ethyl adjacent to an activating group) is 1. The summed E-state index contributed by atoms with van der Waals surface area (Å²) in [7, 11) is 1.92. The van der Waals surface area contributed by atoms with Gasteiger partial charge in [-0.05, 0) is 25.6 Å². The van der Waals surface area contributed by atoms with Crippen LogP contribution in [-0.2, 0) is 11.3 Å². The van der Waals surface area contributed by atoms with E-state index in [1.807, 2.05) is 31.0 Å². The second kappa shape index (κ2) is 8.70. The van der Waals surface area contributed by atoms with Crippen molar-refractivity contribution in [3.8, 4) is 11.8 Å². The van der Waals surface area contributed by atoms with Crippen molar-refractivity contribution in [1.29, 1.82) is 0 Å². The minimum atomic E-state index is -0.120. The molecule has 0 aliphatic heterocycles. The molecule has 1 aromatic heterocycles. The zero-order chi connectivity index (χ0) is 14.1. The molecule has 1 amide bonds. The highest BCUT2D eigenvalue weighted by atomic mass is 32.1. The molecule has 1 heterocycles. The average Bonchev–Trinajstić information content (AvgIpc) is 2.81. The van der Waals surface area contributed by atoms with Crippen LogP contribution in [0.15, 0.2) is 12.1 Å². The molecule has 2 N–H and O–H groups in total. The van der Waals surface area contributed by atoms with Gasteiger partial charge in [-0.3, -0.25) is 9.69 Å². The van der Waals surface area contributed by atoms with Gasteiger partial charge in [0, 0.05) is 18.0 Å². The first-order chi connectivity index (χ1) is 9.15. The van der Waals surface area contributed by atoms with Crippen LogP contribution in [0.2, 0.25) is 0 Å². The Kier molecular flexibility index (Phi) is 7.19. The Bertz CT molecular complexity index is 460. The van der Waals surface area contributed by atoms with Crippen LogP contribution in [0.25, 0.3) is 0 Å². The fourth-order valence-corrected chi connectivity index (χ4v) is 2.51. The summed E-state index contributed by atoms with van der Waals surface area (Å²) in [5.74, 6) is 5.56. The number of hydrogen-bond donors (Lipinski definition) is 2. The van der Waals surface area contributed by atoms with E-state index in [9.17, 15) is 4.79 Å². The van der Waals surface area contributed by atoms with Crippen LogP contribution in [0, 0.1) is 11.8 Å². The van der Waals surface area contributed by atoms with Gasteiger partial charge >= 0.3 is 0 Å². The van der Waals surface area contributed by atoms with E-state index >= 15 is 0 Å². The summed E-state index contributed by atoms with van der Waals surface area (Å²) >= 11 is 1.59. The first kappa shape index (κ1) is 15.7. The molecule has 0 atom stereocenters. The molecule has 0 saturated carbocycles. The molecule has 0 unspecified atom stereocenters. The maximum Gasteiger partial charge on any atom is 0.234 e. The van der Waals surface area contributed by atoms with Crippen LogP contribution in [-0.4, -0.2) is 42.7 Å². The Labute approximate surface area is 118 Å². The van der Waals surface area contributed by atoms with E-state index in [1.54, 1.807) is 11.3 Å². The summed E-state index contributed by atoms with van der Waals surface area (Å²) in [6, 6.07) is 3.94. The molecule has 1 rings (SSSR count). The number of carbonyl (C=O) groups excluding carboxylic acids is 1. The lowest BCUT2D eigenvalue weighted by atomic mass is 10.4. The number of aliphatic hydroxyl groups is 1. The van der Waals surface area contributed by atoms with Crippen molar-refractivity contribution in [2.24, 2.45) is 0 Å². The van der Waals surface area contributed by atoms with Gasteiger partial charge in [0.2, 0.25) is 5.91 Å². The fraction of sp³-hybridized carbons (Fsp3) is 0.500. The van der Waals surface area contributed by atoms with E-state index in [-0.39, 0.29) is 12.5 Å². The zero-order valence-electron chi connectivity index (χ0n) is 11.4. The second-order valence-corrected chi connectivity index (χ2v) is 5.42. The molecular formula is C14H20N2O2S. The second-order valence-electron chi connectivity index (χ2n) is 4.25. The highest BCUT2D eigenvalue weighted by molar-refractivity contribution is 7.12. The summed E-state index contributed by atoms with van der Waals surface area (Å²) in [4.78, 5) is 15.6. The highest BCUT2D eigenvalue weighted by Gasteiger charge is 2.07. The Morgan fingerprint density at radius 2 is 2.32 bits per heavy atom. The van der Waals surface area contributed by atoms with E-state index in [0.717, 1.165) is 29.3 Å². The summed E-state index contributed by atoms with van der Waals surface area (Å²) < 4.78 is 0. The monoisotopic (exact) mass is 280 g/mol. The fourth-order valence-electron chi connectivity index (χ4n) is 1.54. The standard InChI is InChI=1S/C14H20N2O2S/c1-3-8-15-14(18)11-16(2)10-13-7-6-12(19-13)5-4-9-17/h6-7,17H,3,8-11H2,1-2H3,(H,15,18). The van der Waals surface area contributed by atoms with Gasteiger partial charge in [-0.2, -0.15) is 0 Å². The first-order valence-corrected chi connectivity index (χ1v) is 7.11. The van der Waals surface area contributed by atoms with Gasteiger partial charge in [0.15, 0.2) is 0 Å². The van der Waals surface area contributed by atoms with E-state index in [4.69, 9.17) is 5.11 Å². The molecular weight excluding hydrogens is 260 g/mol. The Morgan fingerprint density at radius 1 is 1.53 bits per heavy atom. The van der Waals surface area contributed by atoms with E-state index < -0.39 is 0 Å². The van der Waals surface area contributed by atoms with Gasteiger partial charge in [0.1, 0.15) is 6.61 Å². The number of hydrogen-bond acceptors (Lipinski definition) is 4. The number of nitrogens with zero attached hydrogens (tertiary/aromatic N) is 1. The smallest absolute Gasteiger partial charge is 0.234 e. The number of carbonyl (C=O) groups is 1. The van der Waals surface area contributed by atoms with E-state index in [1.165, 1.54) is 0 Å². The molecule has 4 nitrogen and oxygen atoms in total. The largest absolute Gasteiger partial charge is 0.384 e. The number of nitrogens with one attached hydrogen (secondary N) is 1.